The monoisotopic (exact) mass is 343 g/mol. The van der Waals surface area contributed by atoms with E-state index in [-0.39, 0.29) is 22.9 Å². The Kier molecular flexibility index (Phi) is 5.94. The molecule has 0 aliphatic rings. The number of hydrogen-bond acceptors (Lipinski definition) is 5. The van der Waals surface area contributed by atoms with Gasteiger partial charge in [0.25, 0.3) is 11.8 Å². The molecule has 0 fully saturated rings. The van der Waals surface area contributed by atoms with Crippen LogP contribution in [0.2, 0.25) is 0 Å². The van der Waals surface area contributed by atoms with Gasteiger partial charge in [-0.25, -0.2) is 0 Å². The normalized spacial score (nSPS) is 12.9. The van der Waals surface area contributed by atoms with E-state index in [0.717, 1.165) is 0 Å². The summed E-state index contributed by atoms with van der Waals surface area (Å²) < 4.78 is 5.01. The molecule has 2 amide bonds. The number of carboxylic acid groups (broad SMARTS) is 1. The standard InChI is InChI=1S/C18H20N2O5/c1-3-11(2)15(18(23)24)20-16(21)12-7-4-5-8-13(12)19-17(22)14-9-6-10-25-14/h4-11,15H,3H2,1-2H3,(H,19,22)(H,20,21)(H,23,24)/p-1. The van der Waals surface area contributed by atoms with E-state index in [1.165, 1.54) is 18.4 Å². The van der Waals surface area contributed by atoms with Crippen LogP contribution in [0.15, 0.2) is 47.1 Å². The van der Waals surface area contributed by atoms with Gasteiger partial charge >= 0.3 is 0 Å². The summed E-state index contributed by atoms with van der Waals surface area (Å²) in [5.41, 5.74) is 0.402. The number of para-hydroxylation sites is 1. The summed E-state index contributed by atoms with van der Waals surface area (Å²) in [5.74, 6) is -2.66. The Morgan fingerprint density at radius 1 is 1.12 bits per heavy atom. The van der Waals surface area contributed by atoms with E-state index in [0.29, 0.717) is 6.42 Å². The number of anilines is 1. The van der Waals surface area contributed by atoms with E-state index >= 15 is 0 Å². The third kappa shape index (κ3) is 4.47. The van der Waals surface area contributed by atoms with E-state index in [9.17, 15) is 19.5 Å². The zero-order valence-electron chi connectivity index (χ0n) is 13.9. The second-order valence-electron chi connectivity index (χ2n) is 5.63. The molecule has 2 aromatic rings. The fourth-order valence-corrected chi connectivity index (χ4v) is 2.27. The molecule has 0 aliphatic carbocycles. The fourth-order valence-electron chi connectivity index (χ4n) is 2.27. The van der Waals surface area contributed by atoms with Crippen LogP contribution in [0.5, 0.6) is 0 Å². The highest BCUT2D eigenvalue weighted by Gasteiger charge is 2.22. The minimum absolute atomic E-state index is 0.0995. The zero-order valence-corrected chi connectivity index (χ0v) is 13.9. The smallest absolute Gasteiger partial charge is 0.291 e. The van der Waals surface area contributed by atoms with E-state index in [1.807, 2.05) is 6.92 Å². The first kappa shape index (κ1) is 18.3. The number of amides is 2. The maximum Gasteiger partial charge on any atom is 0.291 e. The van der Waals surface area contributed by atoms with Gasteiger partial charge in [-0.2, -0.15) is 0 Å². The number of furan rings is 1. The van der Waals surface area contributed by atoms with Crippen LogP contribution in [-0.4, -0.2) is 23.8 Å². The quantitative estimate of drug-likeness (QED) is 0.790. The van der Waals surface area contributed by atoms with Crippen LogP contribution >= 0.6 is 0 Å². The van der Waals surface area contributed by atoms with Crippen LogP contribution in [0.4, 0.5) is 5.69 Å². The summed E-state index contributed by atoms with van der Waals surface area (Å²) in [5, 5.41) is 16.3. The molecule has 1 heterocycles. The number of benzene rings is 1. The molecule has 1 aromatic heterocycles. The van der Waals surface area contributed by atoms with Crippen molar-refractivity contribution in [2.45, 2.75) is 26.3 Å². The van der Waals surface area contributed by atoms with Crippen molar-refractivity contribution in [2.24, 2.45) is 5.92 Å². The van der Waals surface area contributed by atoms with Crippen LogP contribution in [0.3, 0.4) is 0 Å². The fraction of sp³-hybridized carbons (Fsp3) is 0.278. The molecule has 0 radical (unpaired) electrons. The minimum atomic E-state index is -1.35. The summed E-state index contributed by atoms with van der Waals surface area (Å²) in [6.07, 6.45) is 1.93. The van der Waals surface area contributed by atoms with Gasteiger partial charge in [-0.05, 0) is 30.2 Å². The average molecular weight is 343 g/mol. The lowest BCUT2D eigenvalue weighted by molar-refractivity contribution is -0.309. The number of hydrogen-bond donors (Lipinski definition) is 2. The first-order chi connectivity index (χ1) is 11.9. The lowest BCUT2D eigenvalue weighted by Crippen LogP contribution is -2.51. The molecule has 1 aromatic carbocycles. The molecule has 132 valence electrons. The second-order valence-corrected chi connectivity index (χ2v) is 5.63. The van der Waals surface area contributed by atoms with Crippen molar-refractivity contribution < 1.29 is 23.9 Å². The van der Waals surface area contributed by atoms with Crippen molar-refractivity contribution >= 4 is 23.5 Å². The zero-order chi connectivity index (χ0) is 18.4. The Morgan fingerprint density at radius 2 is 1.84 bits per heavy atom. The number of carboxylic acids is 1. The van der Waals surface area contributed by atoms with Crippen molar-refractivity contribution in [3.05, 3.63) is 54.0 Å². The number of carbonyl (C=O) groups excluding carboxylic acids is 3. The molecular weight excluding hydrogens is 324 g/mol. The first-order valence-electron chi connectivity index (χ1n) is 7.89. The molecule has 2 N–H and O–H groups in total. The lowest BCUT2D eigenvalue weighted by atomic mass is 9.98. The summed E-state index contributed by atoms with van der Waals surface area (Å²) in [6.45, 7) is 3.54. The van der Waals surface area contributed by atoms with Crippen LogP contribution < -0.4 is 15.7 Å². The minimum Gasteiger partial charge on any atom is -0.548 e. The molecule has 0 saturated carbocycles. The van der Waals surface area contributed by atoms with Crippen molar-refractivity contribution in [1.82, 2.24) is 5.32 Å². The maximum atomic E-state index is 12.5. The summed E-state index contributed by atoms with van der Waals surface area (Å²) in [6, 6.07) is 8.26. The van der Waals surface area contributed by atoms with E-state index in [1.54, 1.807) is 31.2 Å². The van der Waals surface area contributed by atoms with Gasteiger partial charge in [0, 0.05) is 0 Å². The second kappa shape index (κ2) is 8.14. The highest BCUT2D eigenvalue weighted by molar-refractivity contribution is 6.08. The molecule has 7 heteroatoms. The third-order valence-electron chi connectivity index (χ3n) is 3.92. The van der Waals surface area contributed by atoms with Gasteiger partial charge in [-0.3, -0.25) is 9.59 Å². The van der Waals surface area contributed by atoms with E-state index in [4.69, 9.17) is 4.42 Å². The Hall–Kier alpha value is -3.09. The SMILES string of the molecule is CCC(C)C(NC(=O)c1ccccc1NC(=O)c1ccco1)C(=O)[O-]. The Balaban J connectivity index is 2.20. The van der Waals surface area contributed by atoms with Gasteiger partial charge in [-0.1, -0.05) is 32.4 Å². The molecule has 0 bridgehead atoms. The topological polar surface area (TPSA) is 111 Å². The molecule has 2 rings (SSSR count). The largest absolute Gasteiger partial charge is 0.548 e. The Bertz CT molecular complexity index is 755. The van der Waals surface area contributed by atoms with Gasteiger partial charge < -0.3 is 25.0 Å². The van der Waals surface area contributed by atoms with Crippen LogP contribution in [-0.2, 0) is 4.79 Å². The van der Waals surface area contributed by atoms with E-state index in [2.05, 4.69) is 10.6 Å². The van der Waals surface area contributed by atoms with Crippen molar-refractivity contribution in [2.75, 3.05) is 5.32 Å². The van der Waals surface area contributed by atoms with Crippen molar-refractivity contribution in [3.63, 3.8) is 0 Å². The molecular formula is C18H19N2O5-. The molecule has 7 nitrogen and oxygen atoms in total. The molecule has 25 heavy (non-hydrogen) atoms. The molecule has 2 unspecified atom stereocenters. The van der Waals surface area contributed by atoms with Crippen LogP contribution in [0.1, 0.15) is 41.2 Å². The maximum absolute atomic E-state index is 12.5. The number of aliphatic carboxylic acids is 1. The highest BCUT2D eigenvalue weighted by Crippen LogP contribution is 2.17. The predicted molar refractivity (Wildman–Crippen MR) is 88.8 cm³/mol. The molecule has 2 atom stereocenters. The number of rotatable bonds is 7. The average Bonchev–Trinajstić information content (AvgIpc) is 3.13. The Morgan fingerprint density at radius 3 is 2.44 bits per heavy atom. The van der Waals surface area contributed by atoms with Gasteiger partial charge in [0.15, 0.2) is 5.76 Å². The van der Waals surface area contributed by atoms with Gasteiger partial charge in [0.2, 0.25) is 0 Å². The summed E-state index contributed by atoms with van der Waals surface area (Å²) >= 11 is 0. The molecule has 0 saturated heterocycles. The lowest BCUT2D eigenvalue weighted by Gasteiger charge is -2.25. The van der Waals surface area contributed by atoms with E-state index < -0.39 is 23.8 Å². The number of carbonyl (C=O) groups is 3. The van der Waals surface area contributed by atoms with Crippen LogP contribution in [0.25, 0.3) is 0 Å². The molecule has 0 spiro atoms. The highest BCUT2D eigenvalue weighted by atomic mass is 16.4. The van der Waals surface area contributed by atoms with Crippen LogP contribution in [0, 0.1) is 5.92 Å². The number of nitrogens with one attached hydrogen (secondary N) is 2. The summed E-state index contributed by atoms with van der Waals surface area (Å²) in [4.78, 5) is 35.9. The van der Waals surface area contributed by atoms with Crippen molar-refractivity contribution in [1.29, 1.82) is 0 Å². The first-order valence-corrected chi connectivity index (χ1v) is 7.89. The predicted octanol–water partition coefficient (Wildman–Crippen LogP) is 1.43. The van der Waals surface area contributed by atoms with Crippen molar-refractivity contribution in [3.8, 4) is 0 Å². The third-order valence-corrected chi connectivity index (χ3v) is 3.92. The van der Waals surface area contributed by atoms with Gasteiger partial charge in [0.1, 0.15) is 0 Å². The Labute approximate surface area is 145 Å². The van der Waals surface area contributed by atoms with Gasteiger partial charge in [-0.15, -0.1) is 0 Å². The van der Waals surface area contributed by atoms with Gasteiger partial charge in [0.05, 0.1) is 29.5 Å². The summed E-state index contributed by atoms with van der Waals surface area (Å²) in [7, 11) is 0. The molecule has 0 aliphatic heterocycles.